The number of hydrogen-bond acceptors (Lipinski definition) is 9. The molecule has 1 atom stereocenters. The molecule has 0 radical (unpaired) electrons. The molecule has 0 unspecified atom stereocenters. The van der Waals surface area contributed by atoms with Gasteiger partial charge in [-0.1, -0.05) is 21.8 Å². The summed E-state index contributed by atoms with van der Waals surface area (Å²) in [7, 11) is 0. The van der Waals surface area contributed by atoms with E-state index in [0.717, 1.165) is 11.5 Å². The molecular formula is C18H15F3N6O4S. The fourth-order valence-electron chi connectivity index (χ4n) is 3.04. The summed E-state index contributed by atoms with van der Waals surface area (Å²) in [5, 5.41) is 11.4. The molecule has 10 nitrogen and oxygen atoms in total. The van der Waals surface area contributed by atoms with Crippen LogP contribution in [0.2, 0.25) is 0 Å². The maximum absolute atomic E-state index is 12.6. The fraction of sp³-hybridized carbons (Fsp3) is 0.333. The van der Waals surface area contributed by atoms with Gasteiger partial charge >= 0.3 is 12.1 Å². The van der Waals surface area contributed by atoms with Crippen LogP contribution in [0.25, 0.3) is 11.4 Å². The van der Waals surface area contributed by atoms with E-state index in [9.17, 15) is 22.8 Å². The zero-order chi connectivity index (χ0) is 22.7. The summed E-state index contributed by atoms with van der Waals surface area (Å²) in [6.07, 6.45) is -4.74. The van der Waals surface area contributed by atoms with Gasteiger partial charge in [-0.15, -0.1) is 5.10 Å². The maximum Gasteiger partial charge on any atom is 0.471 e. The Bertz CT molecular complexity index is 1090. The molecule has 32 heavy (non-hydrogen) atoms. The van der Waals surface area contributed by atoms with Crippen molar-refractivity contribution in [3.8, 4) is 11.4 Å². The molecule has 1 saturated heterocycles. The van der Waals surface area contributed by atoms with Crippen LogP contribution in [0, 0.1) is 0 Å². The Morgan fingerprint density at radius 1 is 1.25 bits per heavy atom. The number of morpholine rings is 1. The number of ether oxygens (including phenoxy) is 1. The second-order valence-corrected chi connectivity index (χ2v) is 7.34. The van der Waals surface area contributed by atoms with Gasteiger partial charge in [0.25, 0.3) is 11.8 Å². The van der Waals surface area contributed by atoms with Crippen LogP contribution in [-0.4, -0.2) is 68.8 Å². The monoisotopic (exact) mass is 468 g/mol. The molecule has 1 aromatic carbocycles. The summed E-state index contributed by atoms with van der Waals surface area (Å²) in [4.78, 5) is 30.0. The predicted molar refractivity (Wildman–Crippen MR) is 103 cm³/mol. The SMILES string of the molecule is O=C(NC[C@H]1COCCN1C(=O)c1csnn1)c1ccc(-c2noc(C(F)(F)F)n2)cc1. The molecule has 0 spiro atoms. The van der Waals surface area contributed by atoms with Gasteiger partial charge < -0.3 is 19.5 Å². The summed E-state index contributed by atoms with van der Waals surface area (Å²) >= 11 is 1.07. The maximum atomic E-state index is 12.6. The normalized spacial score (nSPS) is 16.7. The van der Waals surface area contributed by atoms with Crippen LogP contribution in [0.15, 0.2) is 34.2 Å². The van der Waals surface area contributed by atoms with E-state index in [0.29, 0.717) is 13.2 Å². The Morgan fingerprint density at radius 3 is 2.69 bits per heavy atom. The lowest BCUT2D eigenvalue weighted by atomic mass is 10.1. The zero-order valence-electron chi connectivity index (χ0n) is 16.2. The van der Waals surface area contributed by atoms with Crippen molar-refractivity contribution in [2.75, 3.05) is 26.3 Å². The second-order valence-electron chi connectivity index (χ2n) is 6.73. The molecule has 0 aliphatic carbocycles. The van der Waals surface area contributed by atoms with E-state index >= 15 is 0 Å². The largest absolute Gasteiger partial charge is 0.471 e. The van der Waals surface area contributed by atoms with Crippen molar-refractivity contribution in [3.63, 3.8) is 0 Å². The fourth-order valence-corrected chi connectivity index (χ4v) is 3.47. The van der Waals surface area contributed by atoms with Gasteiger partial charge in [-0.25, -0.2) is 0 Å². The average Bonchev–Trinajstić information content (AvgIpc) is 3.50. The number of halogens is 3. The number of amides is 2. The Balaban J connectivity index is 1.38. The van der Waals surface area contributed by atoms with Crippen LogP contribution in [0.1, 0.15) is 26.7 Å². The first-order valence-corrected chi connectivity index (χ1v) is 10.1. The van der Waals surface area contributed by atoms with Crippen LogP contribution in [0.5, 0.6) is 0 Å². The Morgan fingerprint density at radius 2 is 2.03 bits per heavy atom. The number of carbonyl (C=O) groups excluding carboxylic acids is 2. The zero-order valence-corrected chi connectivity index (χ0v) is 17.0. The number of nitrogens with zero attached hydrogens (tertiary/aromatic N) is 5. The topological polar surface area (TPSA) is 123 Å². The van der Waals surface area contributed by atoms with Crippen molar-refractivity contribution in [2.45, 2.75) is 12.2 Å². The standard InChI is InChI=1S/C18H15F3N6O4S/c19-18(20,21)17-23-14(25-31-17)10-1-3-11(4-2-10)15(28)22-7-12-8-30-6-5-27(12)16(29)13-9-32-26-24-13/h1-4,9,12H,5-8H2,(H,22,28)/t12-/m0/s1. The van der Waals surface area contributed by atoms with Crippen molar-refractivity contribution >= 4 is 23.3 Å². The highest BCUT2D eigenvalue weighted by molar-refractivity contribution is 7.03. The van der Waals surface area contributed by atoms with Crippen LogP contribution < -0.4 is 5.32 Å². The first kappa shape index (κ1) is 21.8. The number of rotatable bonds is 5. The molecule has 2 aromatic heterocycles. The van der Waals surface area contributed by atoms with Crippen LogP contribution in [-0.2, 0) is 10.9 Å². The van der Waals surface area contributed by atoms with Gasteiger partial charge in [0.15, 0.2) is 5.69 Å². The van der Waals surface area contributed by atoms with Crippen molar-refractivity contribution in [1.29, 1.82) is 0 Å². The molecule has 3 aromatic rings. The number of alkyl halides is 3. The molecule has 0 saturated carbocycles. The first-order chi connectivity index (χ1) is 15.3. The highest BCUT2D eigenvalue weighted by Gasteiger charge is 2.38. The van der Waals surface area contributed by atoms with Crippen molar-refractivity contribution < 1.29 is 32.0 Å². The van der Waals surface area contributed by atoms with Gasteiger partial charge in [-0.3, -0.25) is 9.59 Å². The van der Waals surface area contributed by atoms with E-state index < -0.39 is 18.0 Å². The third-order valence-electron chi connectivity index (χ3n) is 4.64. The number of benzene rings is 1. The number of nitrogens with one attached hydrogen (secondary N) is 1. The van der Waals surface area contributed by atoms with Gasteiger partial charge in [-0.05, 0) is 23.7 Å². The summed E-state index contributed by atoms with van der Waals surface area (Å²) in [6, 6.07) is 5.29. The Hall–Kier alpha value is -3.39. The minimum Gasteiger partial charge on any atom is -0.377 e. The first-order valence-electron chi connectivity index (χ1n) is 9.28. The molecule has 2 amide bonds. The molecule has 1 N–H and O–H groups in total. The van der Waals surface area contributed by atoms with Gasteiger partial charge in [0, 0.05) is 29.6 Å². The molecular weight excluding hydrogens is 453 g/mol. The van der Waals surface area contributed by atoms with E-state index in [-0.39, 0.29) is 47.7 Å². The van der Waals surface area contributed by atoms with Crippen LogP contribution in [0.4, 0.5) is 13.2 Å². The quantitative estimate of drug-likeness (QED) is 0.602. The lowest BCUT2D eigenvalue weighted by molar-refractivity contribution is -0.159. The Kier molecular flexibility index (Phi) is 6.14. The third kappa shape index (κ3) is 4.75. The van der Waals surface area contributed by atoms with E-state index in [2.05, 4.69) is 29.6 Å². The summed E-state index contributed by atoms with van der Waals surface area (Å²) in [5.41, 5.74) is 0.765. The number of aromatic nitrogens is 4. The summed E-state index contributed by atoms with van der Waals surface area (Å²) in [5.74, 6) is -2.40. The summed E-state index contributed by atoms with van der Waals surface area (Å²) < 4.78 is 51.1. The second kappa shape index (κ2) is 9.00. The number of carbonyl (C=O) groups is 2. The van der Waals surface area contributed by atoms with Crippen molar-refractivity contribution in [2.24, 2.45) is 0 Å². The third-order valence-corrected chi connectivity index (χ3v) is 5.14. The highest BCUT2D eigenvalue weighted by atomic mass is 32.1. The van der Waals surface area contributed by atoms with Crippen molar-refractivity contribution in [3.05, 3.63) is 46.8 Å². The van der Waals surface area contributed by atoms with Crippen LogP contribution in [0.3, 0.4) is 0 Å². The molecule has 1 fully saturated rings. The summed E-state index contributed by atoms with van der Waals surface area (Å²) in [6.45, 7) is 1.13. The smallest absolute Gasteiger partial charge is 0.377 e. The minimum atomic E-state index is -4.74. The molecule has 1 aliphatic rings. The van der Waals surface area contributed by atoms with Gasteiger partial charge in [0.2, 0.25) is 5.82 Å². The van der Waals surface area contributed by atoms with Crippen LogP contribution >= 0.6 is 11.5 Å². The number of hydrogen-bond donors (Lipinski definition) is 1. The van der Waals surface area contributed by atoms with E-state index in [1.807, 2.05) is 0 Å². The predicted octanol–water partition coefficient (Wildman–Crippen LogP) is 1.88. The minimum absolute atomic E-state index is 0.143. The molecule has 3 heterocycles. The highest BCUT2D eigenvalue weighted by Crippen LogP contribution is 2.29. The van der Waals surface area contributed by atoms with E-state index in [1.54, 1.807) is 10.3 Å². The van der Waals surface area contributed by atoms with E-state index in [4.69, 9.17) is 4.74 Å². The van der Waals surface area contributed by atoms with Gasteiger partial charge in [0.05, 0.1) is 19.3 Å². The average molecular weight is 468 g/mol. The lowest BCUT2D eigenvalue weighted by Crippen LogP contribution is -2.53. The molecule has 168 valence electrons. The van der Waals surface area contributed by atoms with Gasteiger partial charge in [0.1, 0.15) is 0 Å². The molecule has 1 aliphatic heterocycles. The lowest BCUT2D eigenvalue weighted by Gasteiger charge is -2.35. The van der Waals surface area contributed by atoms with Crippen molar-refractivity contribution in [1.82, 2.24) is 29.9 Å². The molecule has 14 heteroatoms. The molecule has 0 bridgehead atoms. The van der Waals surface area contributed by atoms with E-state index in [1.165, 1.54) is 24.3 Å². The molecule has 4 rings (SSSR count). The Labute approximate surface area is 182 Å². The van der Waals surface area contributed by atoms with Gasteiger partial charge in [-0.2, -0.15) is 18.2 Å².